The number of carbonyl (C=O) groups is 1. The van der Waals surface area contributed by atoms with Crippen LogP contribution in [0.5, 0.6) is 0 Å². The van der Waals surface area contributed by atoms with Gasteiger partial charge in [0.25, 0.3) is 5.91 Å². The van der Waals surface area contributed by atoms with E-state index in [2.05, 4.69) is 31.2 Å². The summed E-state index contributed by atoms with van der Waals surface area (Å²) in [4.78, 5) is 19.7. The molecule has 0 atom stereocenters. The van der Waals surface area contributed by atoms with Crippen LogP contribution >= 0.6 is 27.5 Å². The Bertz CT molecular complexity index is 566. The molecule has 0 aliphatic rings. The standard InChI is InChI=1S/C12H9BrClN3O/c1-7-4-8(13)5-9(14)11(7)17-12(18)10-6-15-2-3-16-10/h2-6H,1H3,(H,17,18). The van der Waals surface area contributed by atoms with E-state index in [0.29, 0.717) is 10.7 Å². The lowest BCUT2D eigenvalue weighted by molar-refractivity contribution is 0.102. The van der Waals surface area contributed by atoms with Crippen LogP contribution in [0.25, 0.3) is 0 Å². The molecule has 92 valence electrons. The largest absolute Gasteiger partial charge is 0.319 e. The number of aromatic nitrogens is 2. The van der Waals surface area contributed by atoms with Crippen molar-refractivity contribution < 1.29 is 4.79 Å². The molecule has 1 aromatic carbocycles. The number of aryl methyl sites for hydroxylation is 1. The number of halogens is 2. The van der Waals surface area contributed by atoms with Crippen LogP contribution in [0.3, 0.4) is 0 Å². The predicted octanol–water partition coefficient (Wildman–Crippen LogP) is 3.45. The fourth-order valence-corrected chi connectivity index (χ4v) is 2.47. The summed E-state index contributed by atoms with van der Waals surface area (Å²) in [5.41, 5.74) is 1.69. The normalized spacial score (nSPS) is 10.2. The Morgan fingerprint density at radius 3 is 2.78 bits per heavy atom. The Morgan fingerprint density at radius 1 is 1.39 bits per heavy atom. The van der Waals surface area contributed by atoms with Gasteiger partial charge in [-0.1, -0.05) is 27.5 Å². The Labute approximate surface area is 118 Å². The van der Waals surface area contributed by atoms with Gasteiger partial charge in [0.2, 0.25) is 0 Å². The minimum Gasteiger partial charge on any atom is -0.319 e. The van der Waals surface area contributed by atoms with Gasteiger partial charge in [-0.15, -0.1) is 0 Å². The molecule has 0 saturated carbocycles. The average Bonchev–Trinajstić information content (AvgIpc) is 2.34. The molecule has 1 N–H and O–H groups in total. The van der Waals surface area contributed by atoms with Crippen molar-refractivity contribution in [3.8, 4) is 0 Å². The van der Waals surface area contributed by atoms with Crippen LogP contribution in [-0.2, 0) is 0 Å². The van der Waals surface area contributed by atoms with Crippen LogP contribution in [0.15, 0.2) is 35.2 Å². The van der Waals surface area contributed by atoms with E-state index in [1.807, 2.05) is 13.0 Å². The number of benzene rings is 1. The van der Waals surface area contributed by atoms with Gasteiger partial charge >= 0.3 is 0 Å². The van der Waals surface area contributed by atoms with Crippen molar-refractivity contribution in [1.29, 1.82) is 0 Å². The maximum atomic E-state index is 11.9. The van der Waals surface area contributed by atoms with Crippen LogP contribution in [0.1, 0.15) is 16.1 Å². The van der Waals surface area contributed by atoms with Crippen LogP contribution in [0, 0.1) is 6.92 Å². The third kappa shape index (κ3) is 2.86. The molecule has 1 heterocycles. The van der Waals surface area contributed by atoms with Gasteiger partial charge in [-0.25, -0.2) is 4.98 Å². The molecule has 0 aliphatic heterocycles. The Kier molecular flexibility index (Phi) is 3.93. The highest BCUT2D eigenvalue weighted by molar-refractivity contribution is 9.10. The first kappa shape index (κ1) is 13.0. The van der Waals surface area contributed by atoms with E-state index < -0.39 is 0 Å². The summed E-state index contributed by atoms with van der Waals surface area (Å²) in [6.07, 6.45) is 4.37. The number of hydrogen-bond donors (Lipinski definition) is 1. The number of rotatable bonds is 2. The quantitative estimate of drug-likeness (QED) is 0.919. The topological polar surface area (TPSA) is 54.9 Å². The molecule has 6 heteroatoms. The van der Waals surface area contributed by atoms with E-state index in [9.17, 15) is 4.79 Å². The molecule has 1 aromatic heterocycles. The molecule has 0 aliphatic carbocycles. The minimum absolute atomic E-state index is 0.246. The number of nitrogens with zero attached hydrogens (tertiary/aromatic N) is 2. The Morgan fingerprint density at radius 2 is 2.17 bits per heavy atom. The van der Waals surface area contributed by atoms with Crippen molar-refractivity contribution in [2.45, 2.75) is 6.92 Å². The van der Waals surface area contributed by atoms with E-state index in [0.717, 1.165) is 10.0 Å². The summed E-state index contributed by atoms with van der Waals surface area (Å²) < 4.78 is 0.863. The second-order valence-corrected chi connectivity index (χ2v) is 4.95. The molecule has 0 radical (unpaired) electrons. The third-order valence-electron chi connectivity index (χ3n) is 2.29. The Balaban J connectivity index is 2.28. The van der Waals surface area contributed by atoms with Gasteiger partial charge in [-0.05, 0) is 24.6 Å². The maximum absolute atomic E-state index is 11.9. The molecule has 18 heavy (non-hydrogen) atoms. The monoisotopic (exact) mass is 325 g/mol. The number of hydrogen-bond acceptors (Lipinski definition) is 3. The van der Waals surface area contributed by atoms with E-state index in [-0.39, 0.29) is 11.6 Å². The molecule has 0 fully saturated rings. The first-order chi connectivity index (χ1) is 8.58. The lowest BCUT2D eigenvalue weighted by Crippen LogP contribution is -2.14. The lowest BCUT2D eigenvalue weighted by Gasteiger charge is -2.10. The number of nitrogens with one attached hydrogen (secondary N) is 1. The van der Waals surface area contributed by atoms with Gasteiger partial charge in [0.15, 0.2) is 0 Å². The molecule has 4 nitrogen and oxygen atoms in total. The number of amides is 1. The second kappa shape index (κ2) is 5.46. The van der Waals surface area contributed by atoms with Crippen LogP contribution in [0.2, 0.25) is 5.02 Å². The van der Waals surface area contributed by atoms with Gasteiger partial charge in [0, 0.05) is 16.9 Å². The highest BCUT2D eigenvalue weighted by Crippen LogP contribution is 2.30. The van der Waals surface area contributed by atoms with Crippen molar-refractivity contribution in [2.75, 3.05) is 5.32 Å². The predicted molar refractivity (Wildman–Crippen MR) is 73.9 cm³/mol. The first-order valence-electron chi connectivity index (χ1n) is 5.11. The maximum Gasteiger partial charge on any atom is 0.275 e. The summed E-state index contributed by atoms with van der Waals surface area (Å²) in [5.74, 6) is -0.338. The van der Waals surface area contributed by atoms with Gasteiger partial charge in [-0.2, -0.15) is 0 Å². The fraction of sp³-hybridized carbons (Fsp3) is 0.0833. The van der Waals surface area contributed by atoms with E-state index in [4.69, 9.17) is 11.6 Å². The van der Waals surface area contributed by atoms with E-state index in [1.165, 1.54) is 18.6 Å². The molecule has 1 amide bonds. The smallest absolute Gasteiger partial charge is 0.275 e. The van der Waals surface area contributed by atoms with Crippen molar-refractivity contribution in [3.05, 3.63) is 51.5 Å². The van der Waals surface area contributed by atoms with Gasteiger partial charge in [0.1, 0.15) is 5.69 Å². The molecule has 0 unspecified atom stereocenters. The lowest BCUT2D eigenvalue weighted by atomic mass is 10.2. The van der Waals surface area contributed by atoms with Crippen LogP contribution in [0.4, 0.5) is 5.69 Å². The molecule has 2 aromatic rings. The summed E-state index contributed by atoms with van der Waals surface area (Å²) in [6, 6.07) is 3.60. The number of anilines is 1. The van der Waals surface area contributed by atoms with Gasteiger partial charge < -0.3 is 5.32 Å². The molecule has 0 spiro atoms. The zero-order valence-corrected chi connectivity index (χ0v) is 11.8. The summed E-state index contributed by atoms with van der Waals surface area (Å²) >= 11 is 9.42. The van der Waals surface area contributed by atoms with E-state index >= 15 is 0 Å². The summed E-state index contributed by atoms with van der Waals surface area (Å²) in [5, 5.41) is 3.20. The summed E-state index contributed by atoms with van der Waals surface area (Å²) in [6.45, 7) is 1.86. The molecular weight excluding hydrogens is 318 g/mol. The SMILES string of the molecule is Cc1cc(Br)cc(Cl)c1NC(=O)c1cnccn1. The van der Waals surface area contributed by atoms with Crippen molar-refractivity contribution in [3.63, 3.8) is 0 Å². The fourth-order valence-electron chi connectivity index (χ4n) is 1.45. The zero-order chi connectivity index (χ0) is 13.1. The minimum atomic E-state index is -0.338. The summed E-state index contributed by atoms with van der Waals surface area (Å²) in [7, 11) is 0. The van der Waals surface area contributed by atoms with Crippen molar-refractivity contribution in [1.82, 2.24) is 9.97 Å². The van der Waals surface area contributed by atoms with Crippen molar-refractivity contribution in [2.24, 2.45) is 0 Å². The Hall–Kier alpha value is -1.46. The third-order valence-corrected chi connectivity index (χ3v) is 3.04. The average molecular weight is 327 g/mol. The van der Waals surface area contributed by atoms with Crippen LogP contribution in [-0.4, -0.2) is 15.9 Å². The molecule has 0 bridgehead atoms. The second-order valence-electron chi connectivity index (χ2n) is 3.62. The van der Waals surface area contributed by atoms with Gasteiger partial charge in [-0.3, -0.25) is 9.78 Å². The first-order valence-corrected chi connectivity index (χ1v) is 6.28. The highest BCUT2D eigenvalue weighted by Gasteiger charge is 2.12. The zero-order valence-electron chi connectivity index (χ0n) is 9.45. The van der Waals surface area contributed by atoms with E-state index in [1.54, 1.807) is 6.07 Å². The molecule has 2 rings (SSSR count). The highest BCUT2D eigenvalue weighted by atomic mass is 79.9. The molecular formula is C12H9BrClN3O. The van der Waals surface area contributed by atoms with Crippen LogP contribution < -0.4 is 5.32 Å². The number of carbonyl (C=O) groups excluding carboxylic acids is 1. The molecule has 0 saturated heterocycles. The van der Waals surface area contributed by atoms with Gasteiger partial charge in [0.05, 0.1) is 16.9 Å². The van der Waals surface area contributed by atoms with Crippen molar-refractivity contribution >= 4 is 39.1 Å².